The van der Waals surface area contributed by atoms with Crippen LogP contribution >= 0.6 is 0 Å². The van der Waals surface area contributed by atoms with E-state index in [1.54, 1.807) is 7.11 Å². The van der Waals surface area contributed by atoms with Crippen LogP contribution in [0.4, 0.5) is 0 Å². The predicted octanol–water partition coefficient (Wildman–Crippen LogP) is 3.88. The van der Waals surface area contributed by atoms with E-state index in [2.05, 4.69) is 21.7 Å². The van der Waals surface area contributed by atoms with Gasteiger partial charge < -0.3 is 18.9 Å². The number of carbonyl (C=O) groups is 1. The Bertz CT molecular complexity index is 945. The van der Waals surface area contributed by atoms with Crippen LogP contribution in [0.3, 0.4) is 0 Å². The summed E-state index contributed by atoms with van der Waals surface area (Å²) < 4.78 is 13.0. The van der Waals surface area contributed by atoms with E-state index in [1.165, 1.54) is 0 Å². The molecule has 0 spiro atoms. The first-order valence-corrected chi connectivity index (χ1v) is 10.3. The van der Waals surface area contributed by atoms with Gasteiger partial charge in [0, 0.05) is 37.6 Å². The highest BCUT2D eigenvalue weighted by molar-refractivity contribution is 5.77. The summed E-state index contributed by atoms with van der Waals surface area (Å²) in [5.74, 6) is 3.02. The first-order chi connectivity index (χ1) is 14.7. The second-order valence-electron chi connectivity index (χ2n) is 7.56. The number of carbonyl (C=O) groups excluding carboxylic acids is 1. The van der Waals surface area contributed by atoms with Crippen molar-refractivity contribution >= 4 is 5.91 Å². The molecule has 1 saturated heterocycles. The van der Waals surface area contributed by atoms with E-state index in [-0.39, 0.29) is 12.5 Å². The Morgan fingerprint density at radius 2 is 1.73 bits per heavy atom. The third-order valence-corrected chi connectivity index (χ3v) is 5.59. The van der Waals surface area contributed by atoms with E-state index in [1.807, 2.05) is 59.8 Å². The third kappa shape index (κ3) is 4.82. The quantitative estimate of drug-likeness (QED) is 0.599. The molecule has 0 radical (unpaired) electrons. The normalized spacial score (nSPS) is 14.5. The van der Waals surface area contributed by atoms with Crippen molar-refractivity contribution in [2.45, 2.75) is 19.4 Å². The van der Waals surface area contributed by atoms with Gasteiger partial charge in [-0.15, -0.1) is 0 Å². The fourth-order valence-corrected chi connectivity index (χ4v) is 3.86. The molecular formula is C24H27N3O3. The van der Waals surface area contributed by atoms with Gasteiger partial charge in [0.05, 0.1) is 7.11 Å². The van der Waals surface area contributed by atoms with Crippen LogP contribution in [0.1, 0.15) is 12.8 Å². The summed E-state index contributed by atoms with van der Waals surface area (Å²) in [4.78, 5) is 19.0. The lowest BCUT2D eigenvalue weighted by molar-refractivity contribution is -0.134. The Morgan fingerprint density at radius 3 is 2.43 bits per heavy atom. The van der Waals surface area contributed by atoms with Crippen LogP contribution < -0.4 is 9.47 Å². The van der Waals surface area contributed by atoms with Gasteiger partial charge in [-0.3, -0.25) is 4.79 Å². The van der Waals surface area contributed by atoms with Crippen LogP contribution in [-0.4, -0.2) is 47.2 Å². The molecule has 0 unspecified atom stereocenters. The van der Waals surface area contributed by atoms with Gasteiger partial charge in [0.15, 0.2) is 6.61 Å². The molecule has 1 aromatic heterocycles. The lowest BCUT2D eigenvalue weighted by Gasteiger charge is -2.32. The van der Waals surface area contributed by atoms with Crippen molar-refractivity contribution in [3.8, 4) is 22.9 Å². The van der Waals surface area contributed by atoms with E-state index in [0.717, 1.165) is 49.6 Å². The number of benzene rings is 2. The Hall–Kier alpha value is -3.28. The molecule has 6 nitrogen and oxygen atoms in total. The zero-order valence-electron chi connectivity index (χ0n) is 17.2. The summed E-state index contributed by atoms with van der Waals surface area (Å²) in [6, 6.07) is 17.5. The molecule has 1 amide bonds. The number of hydrogen-bond donors (Lipinski definition) is 0. The second-order valence-corrected chi connectivity index (χ2v) is 7.56. The van der Waals surface area contributed by atoms with E-state index in [4.69, 9.17) is 9.47 Å². The van der Waals surface area contributed by atoms with Crippen LogP contribution in [-0.2, 0) is 11.3 Å². The number of hydrogen-bond acceptors (Lipinski definition) is 4. The van der Waals surface area contributed by atoms with Crippen molar-refractivity contribution in [2.75, 3.05) is 26.8 Å². The standard InChI is InChI=1S/C24H27N3O3/c1-29-21-7-9-22(10-8-21)30-18-23(28)26-14-11-19(12-15-26)17-27-16-13-25-24(27)20-5-3-2-4-6-20/h2-10,13,16,19H,11-12,14-15,17-18H2,1H3. The van der Waals surface area contributed by atoms with Gasteiger partial charge in [-0.25, -0.2) is 4.98 Å². The Kier molecular flexibility index (Phi) is 6.32. The number of nitrogens with zero attached hydrogens (tertiary/aromatic N) is 3. The lowest BCUT2D eigenvalue weighted by atomic mass is 9.96. The molecule has 3 aromatic rings. The number of ether oxygens (including phenoxy) is 2. The van der Waals surface area contributed by atoms with E-state index in [9.17, 15) is 4.79 Å². The Balaban J connectivity index is 1.26. The summed E-state index contributed by atoms with van der Waals surface area (Å²) in [6.07, 6.45) is 5.88. The minimum atomic E-state index is 0.0388. The van der Waals surface area contributed by atoms with Crippen molar-refractivity contribution in [1.82, 2.24) is 14.5 Å². The van der Waals surface area contributed by atoms with Crippen molar-refractivity contribution < 1.29 is 14.3 Å². The first-order valence-electron chi connectivity index (χ1n) is 10.3. The minimum Gasteiger partial charge on any atom is -0.497 e. The van der Waals surface area contributed by atoms with Crippen LogP contribution in [0.25, 0.3) is 11.4 Å². The van der Waals surface area contributed by atoms with Gasteiger partial charge in [0.1, 0.15) is 17.3 Å². The van der Waals surface area contributed by atoms with Crippen LogP contribution in [0.5, 0.6) is 11.5 Å². The zero-order chi connectivity index (χ0) is 20.8. The SMILES string of the molecule is COc1ccc(OCC(=O)N2CCC(Cn3ccnc3-c3ccccc3)CC2)cc1. The van der Waals surface area contributed by atoms with Gasteiger partial charge >= 0.3 is 0 Å². The number of rotatable bonds is 7. The smallest absolute Gasteiger partial charge is 0.260 e. The highest BCUT2D eigenvalue weighted by Crippen LogP contribution is 2.24. The largest absolute Gasteiger partial charge is 0.497 e. The van der Waals surface area contributed by atoms with Gasteiger partial charge in [-0.2, -0.15) is 0 Å². The number of amides is 1. The van der Waals surface area contributed by atoms with Crippen LogP contribution in [0, 0.1) is 5.92 Å². The van der Waals surface area contributed by atoms with E-state index < -0.39 is 0 Å². The minimum absolute atomic E-state index is 0.0388. The monoisotopic (exact) mass is 405 g/mol. The van der Waals surface area contributed by atoms with Gasteiger partial charge in [-0.05, 0) is 43.0 Å². The number of methoxy groups -OCH3 is 1. The molecule has 0 bridgehead atoms. The summed E-state index contributed by atoms with van der Waals surface area (Å²) in [5, 5.41) is 0. The van der Waals surface area contributed by atoms with Crippen molar-refractivity contribution in [3.05, 3.63) is 67.0 Å². The number of imidazole rings is 1. The molecule has 1 fully saturated rings. The third-order valence-electron chi connectivity index (χ3n) is 5.59. The molecule has 0 atom stereocenters. The second kappa shape index (κ2) is 9.48. The molecule has 6 heteroatoms. The molecule has 0 saturated carbocycles. The molecule has 30 heavy (non-hydrogen) atoms. The summed E-state index contributed by atoms with van der Waals surface area (Å²) >= 11 is 0. The molecule has 0 N–H and O–H groups in total. The van der Waals surface area contributed by atoms with Gasteiger partial charge in [0.2, 0.25) is 0 Å². The maximum atomic E-state index is 12.5. The predicted molar refractivity (Wildman–Crippen MR) is 115 cm³/mol. The molecule has 2 aromatic carbocycles. The van der Waals surface area contributed by atoms with Crippen LogP contribution in [0.15, 0.2) is 67.0 Å². The van der Waals surface area contributed by atoms with Crippen LogP contribution in [0.2, 0.25) is 0 Å². The van der Waals surface area contributed by atoms with Crippen molar-refractivity contribution in [3.63, 3.8) is 0 Å². The average Bonchev–Trinajstić information content (AvgIpc) is 3.27. The van der Waals surface area contributed by atoms with E-state index >= 15 is 0 Å². The summed E-state index contributed by atoms with van der Waals surface area (Å²) in [7, 11) is 1.62. The van der Waals surface area contributed by atoms with Gasteiger partial charge in [0.25, 0.3) is 5.91 Å². The van der Waals surface area contributed by atoms with Crippen molar-refractivity contribution in [1.29, 1.82) is 0 Å². The van der Waals surface area contributed by atoms with E-state index in [0.29, 0.717) is 11.7 Å². The molecule has 156 valence electrons. The lowest BCUT2D eigenvalue weighted by Crippen LogP contribution is -2.41. The number of aromatic nitrogens is 2. The first kappa shape index (κ1) is 20.0. The maximum absolute atomic E-state index is 12.5. The fraction of sp³-hybridized carbons (Fsp3) is 0.333. The fourth-order valence-electron chi connectivity index (χ4n) is 3.86. The summed E-state index contributed by atoms with van der Waals surface area (Å²) in [6.45, 7) is 2.53. The molecule has 4 rings (SSSR count). The zero-order valence-corrected chi connectivity index (χ0v) is 17.2. The average molecular weight is 405 g/mol. The topological polar surface area (TPSA) is 56.6 Å². The highest BCUT2D eigenvalue weighted by atomic mass is 16.5. The Morgan fingerprint density at radius 1 is 1.03 bits per heavy atom. The molecule has 1 aliphatic rings. The summed E-state index contributed by atoms with van der Waals surface area (Å²) in [5.41, 5.74) is 1.13. The highest BCUT2D eigenvalue weighted by Gasteiger charge is 2.24. The number of piperidine rings is 1. The molecule has 0 aliphatic carbocycles. The molecule has 2 heterocycles. The maximum Gasteiger partial charge on any atom is 0.260 e. The Labute approximate surface area is 177 Å². The van der Waals surface area contributed by atoms with Gasteiger partial charge in [-0.1, -0.05) is 30.3 Å². The molecular weight excluding hydrogens is 378 g/mol. The van der Waals surface area contributed by atoms with Crippen molar-refractivity contribution in [2.24, 2.45) is 5.92 Å². The number of likely N-dealkylation sites (tertiary alicyclic amines) is 1. The molecule has 1 aliphatic heterocycles.